The van der Waals surface area contributed by atoms with Gasteiger partial charge in [0.15, 0.2) is 12.6 Å². The normalized spacial score (nSPS) is 26.6. The Morgan fingerprint density at radius 2 is 2.16 bits per heavy atom. The first-order valence-electron chi connectivity index (χ1n) is 7.56. The number of hydrogen-bond acceptors (Lipinski definition) is 2. The summed E-state index contributed by atoms with van der Waals surface area (Å²) in [6.45, 7) is 4.66. The minimum Gasteiger partial charge on any atom is -0.351 e. The lowest BCUT2D eigenvalue weighted by Gasteiger charge is -2.29. The van der Waals surface area contributed by atoms with Crippen molar-refractivity contribution in [2.45, 2.75) is 45.1 Å². The molecule has 5 heteroatoms. The van der Waals surface area contributed by atoms with E-state index in [9.17, 15) is 9.59 Å². The molecule has 3 N–H and O–H groups in total. The predicted octanol–water partition coefficient (Wildman–Crippen LogP) is -0.914. The number of hydrogen-bond donors (Lipinski definition) is 3. The van der Waals surface area contributed by atoms with Crippen LogP contribution in [-0.4, -0.2) is 44.0 Å². The number of carbonyl (C=O) groups excluding carboxylic acids is 2. The maximum Gasteiger partial charge on any atom is 0.278 e. The Bertz CT molecular complexity index is 327. The molecule has 0 aromatic carbocycles. The van der Waals surface area contributed by atoms with Crippen molar-refractivity contribution in [1.82, 2.24) is 10.6 Å². The summed E-state index contributed by atoms with van der Waals surface area (Å²) < 4.78 is 0. The van der Waals surface area contributed by atoms with E-state index in [1.807, 2.05) is 6.92 Å². The van der Waals surface area contributed by atoms with Crippen LogP contribution in [0.3, 0.4) is 0 Å². The second kappa shape index (κ2) is 6.89. The van der Waals surface area contributed by atoms with Gasteiger partial charge in [0.1, 0.15) is 0 Å². The highest BCUT2D eigenvalue weighted by molar-refractivity contribution is 5.81. The van der Waals surface area contributed by atoms with Crippen molar-refractivity contribution in [3.05, 3.63) is 0 Å². The monoisotopic (exact) mass is 268 g/mol. The molecule has 0 radical (unpaired) electrons. The van der Waals surface area contributed by atoms with Gasteiger partial charge in [-0.3, -0.25) is 9.59 Å². The number of piperazine rings is 1. The molecular formula is C14H26N3O2+. The zero-order chi connectivity index (χ0) is 13.7. The van der Waals surface area contributed by atoms with Crippen LogP contribution in [0.15, 0.2) is 0 Å². The van der Waals surface area contributed by atoms with Crippen LogP contribution in [0.1, 0.15) is 39.0 Å². The molecule has 0 bridgehead atoms. The average molecular weight is 268 g/mol. The SMILES string of the molecule is C[C@H](C(=O)NCC1CCCCC1)[NH+]1CCNC(=O)C1. The third-order valence-corrected chi connectivity index (χ3v) is 4.45. The van der Waals surface area contributed by atoms with Gasteiger partial charge >= 0.3 is 0 Å². The number of carbonyl (C=O) groups is 2. The number of quaternary nitrogens is 1. The summed E-state index contributed by atoms with van der Waals surface area (Å²) in [5.41, 5.74) is 0. The highest BCUT2D eigenvalue weighted by Gasteiger charge is 2.29. The Kier molecular flexibility index (Phi) is 5.19. The lowest BCUT2D eigenvalue weighted by atomic mass is 9.89. The molecule has 1 saturated heterocycles. The molecule has 19 heavy (non-hydrogen) atoms. The molecule has 0 spiro atoms. The molecule has 2 rings (SSSR count). The first-order valence-corrected chi connectivity index (χ1v) is 7.56. The fraction of sp³-hybridized carbons (Fsp3) is 0.857. The second-order valence-electron chi connectivity index (χ2n) is 5.91. The number of amides is 2. The predicted molar refractivity (Wildman–Crippen MR) is 72.8 cm³/mol. The van der Waals surface area contributed by atoms with E-state index in [-0.39, 0.29) is 17.9 Å². The summed E-state index contributed by atoms with van der Waals surface area (Å²) in [4.78, 5) is 24.5. The van der Waals surface area contributed by atoms with E-state index in [2.05, 4.69) is 10.6 Å². The summed E-state index contributed by atoms with van der Waals surface area (Å²) in [6.07, 6.45) is 6.43. The molecule has 108 valence electrons. The fourth-order valence-electron chi connectivity index (χ4n) is 3.06. The largest absolute Gasteiger partial charge is 0.351 e. The van der Waals surface area contributed by atoms with E-state index < -0.39 is 0 Å². The Hall–Kier alpha value is -1.10. The topological polar surface area (TPSA) is 62.6 Å². The Morgan fingerprint density at radius 1 is 1.42 bits per heavy atom. The Morgan fingerprint density at radius 3 is 2.84 bits per heavy atom. The average Bonchev–Trinajstić information content (AvgIpc) is 2.45. The lowest BCUT2D eigenvalue weighted by Crippen LogP contribution is -3.19. The molecule has 1 unspecified atom stereocenters. The molecule has 0 aromatic rings. The highest BCUT2D eigenvalue weighted by atomic mass is 16.2. The summed E-state index contributed by atoms with van der Waals surface area (Å²) >= 11 is 0. The maximum absolute atomic E-state index is 12.1. The van der Waals surface area contributed by atoms with Crippen molar-refractivity contribution < 1.29 is 14.5 Å². The van der Waals surface area contributed by atoms with E-state index in [4.69, 9.17) is 0 Å². The van der Waals surface area contributed by atoms with E-state index in [0.29, 0.717) is 19.0 Å². The minimum atomic E-state index is -0.130. The van der Waals surface area contributed by atoms with E-state index in [1.165, 1.54) is 32.1 Å². The molecule has 1 aliphatic heterocycles. The second-order valence-corrected chi connectivity index (χ2v) is 5.91. The van der Waals surface area contributed by atoms with Gasteiger partial charge in [0.25, 0.3) is 11.8 Å². The smallest absolute Gasteiger partial charge is 0.278 e. The van der Waals surface area contributed by atoms with Gasteiger partial charge < -0.3 is 15.5 Å². The van der Waals surface area contributed by atoms with Gasteiger partial charge in [-0.05, 0) is 25.7 Å². The number of nitrogens with one attached hydrogen (secondary N) is 3. The number of rotatable bonds is 4. The van der Waals surface area contributed by atoms with E-state index in [0.717, 1.165) is 18.0 Å². The molecule has 1 aliphatic carbocycles. The molecule has 2 fully saturated rings. The van der Waals surface area contributed by atoms with Gasteiger partial charge in [0.2, 0.25) is 0 Å². The molecule has 2 atom stereocenters. The van der Waals surface area contributed by atoms with Crippen LogP contribution in [0.5, 0.6) is 0 Å². The summed E-state index contributed by atoms with van der Waals surface area (Å²) in [6, 6.07) is -0.130. The third kappa shape index (κ3) is 4.20. The van der Waals surface area contributed by atoms with Gasteiger partial charge in [-0.15, -0.1) is 0 Å². The standard InChI is InChI=1S/C14H25N3O2/c1-11(17-8-7-15-13(18)10-17)14(19)16-9-12-5-3-2-4-6-12/h11-12H,2-10H2,1H3,(H,15,18)(H,16,19)/p+1/t11-/m1/s1. The molecule has 2 aliphatic rings. The zero-order valence-corrected chi connectivity index (χ0v) is 11.8. The van der Waals surface area contributed by atoms with E-state index >= 15 is 0 Å². The molecule has 5 nitrogen and oxygen atoms in total. The van der Waals surface area contributed by atoms with Gasteiger partial charge in [-0.1, -0.05) is 19.3 Å². The van der Waals surface area contributed by atoms with Crippen molar-refractivity contribution in [2.75, 3.05) is 26.2 Å². The lowest BCUT2D eigenvalue weighted by molar-refractivity contribution is -0.907. The molecule has 0 aromatic heterocycles. The maximum atomic E-state index is 12.1. The van der Waals surface area contributed by atoms with Crippen molar-refractivity contribution in [2.24, 2.45) is 5.92 Å². The quantitative estimate of drug-likeness (QED) is 0.618. The Balaban J connectivity index is 1.73. The first-order chi connectivity index (χ1) is 9.16. The fourth-order valence-corrected chi connectivity index (χ4v) is 3.06. The van der Waals surface area contributed by atoms with Crippen LogP contribution in [0.25, 0.3) is 0 Å². The van der Waals surface area contributed by atoms with Crippen molar-refractivity contribution >= 4 is 11.8 Å². The molecule has 2 amide bonds. The summed E-state index contributed by atoms with van der Waals surface area (Å²) in [5, 5.41) is 5.87. The van der Waals surface area contributed by atoms with Crippen LogP contribution >= 0.6 is 0 Å². The highest BCUT2D eigenvalue weighted by Crippen LogP contribution is 2.22. The molecule has 1 heterocycles. The molecular weight excluding hydrogens is 242 g/mol. The van der Waals surface area contributed by atoms with Gasteiger partial charge in [-0.25, -0.2) is 0 Å². The van der Waals surface area contributed by atoms with Gasteiger partial charge in [0.05, 0.1) is 13.1 Å². The van der Waals surface area contributed by atoms with Crippen LogP contribution in [-0.2, 0) is 9.59 Å². The first kappa shape index (κ1) is 14.3. The van der Waals surface area contributed by atoms with Crippen LogP contribution in [0.4, 0.5) is 0 Å². The minimum absolute atomic E-state index is 0.0492. The zero-order valence-electron chi connectivity index (χ0n) is 11.8. The van der Waals surface area contributed by atoms with Crippen molar-refractivity contribution in [1.29, 1.82) is 0 Å². The van der Waals surface area contributed by atoms with Gasteiger partial charge in [-0.2, -0.15) is 0 Å². The molecule has 1 saturated carbocycles. The van der Waals surface area contributed by atoms with Crippen molar-refractivity contribution in [3.63, 3.8) is 0 Å². The van der Waals surface area contributed by atoms with Crippen LogP contribution in [0, 0.1) is 5.92 Å². The third-order valence-electron chi connectivity index (χ3n) is 4.45. The van der Waals surface area contributed by atoms with Crippen LogP contribution in [0.2, 0.25) is 0 Å². The Labute approximate surface area is 115 Å². The van der Waals surface area contributed by atoms with E-state index in [1.54, 1.807) is 0 Å². The van der Waals surface area contributed by atoms with Gasteiger partial charge in [0, 0.05) is 6.54 Å². The van der Waals surface area contributed by atoms with Crippen LogP contribution < -0.4 is 15.5 Å². The van der Waals surface area contributed by atoms with Crippen molar-refractivity contribution in [3.8, 4) is 0 Å². The summed E-state index contributed by atoms with van der Waals surface area (Å²) in [7, 11) is 0. The summed E-state index contributed by atoms with van der Waals surface area (Å²) in [5.74, 6) is 0.799.